The molecule has 0 saturated carbocycles. The Morgan fingerprint density at radius 2 is 2.12 bits per heavy atom. The fraction of sp³-hybridized carbons (Fsp3) is 0.286. The lowest BCUT2D eigenvalue weighted by Crippen LogP contribution is -1.87. The number of benzene rings is 1. The average Bonchev–Trinajstić information content (AvgIpc) is 2.62. The number of hydrogen-bond donors (Lipinski definition) is 1. The molecule has 0 bridgehead atoms. The molecule has 1 aromatic carbocycles. The molecular weight excluding hydrogens is 232 g/mol. The molecule has 0 radical (unpaired) electrons. The molecule has 0 amide bonds. The van der Waals surface area contributed by atoms with Crippen LogP contribution in [0.4, 0.5) is 0 Å². The second kappa shape index (κ2) is 5.15. The van der Waals surface area contributed by atoms with Crippen molar-refractivity contribution < 1.29 is 0 Å². The SMILES string of the molecule is C/C=C1\C(=C/CC)C(SS)c2ccccc21. The van der Waals surface area contributed by atoms with E-state index in [1.807, 2.05) is 0 Å². The summed E-state index contributed by atoms with van der Waals surface area (Å²) in [6.07, 6.45) is 5.61. The zero-order valence-corrected chi connectivity index (χ0v) is 11.3. The van der Waals surface area contributed by atoms with Crippen LogP contribution in [0.25, 0.3) is 5.57 Å². The lowest BCUT2D eigenvalue weighted by atomic mass is 10.0. The van der Waals surface area contributed by atoms with Crippen LogP contribution >= 0.6 is 22.5 Å². The first-order valence-electron chi connectivity index (χ1n) is 5.59. The van der Waals surface area contributed by atoms with Gasteiger partial charge in [0.2, 0.25) is 0 Å². The zero-order valence-electron chi connectivity index (χ0n) is 9.60. The van der Waals surface area contributed by atoms with E-state index in [2.05, 4.69) is 61.9 Å². The minimum absolute atomic E-state index is 0.394. The van der Waals surface area contributed by atoms with Gasteiger partial charge in [0, 0.05) is 0 Å². The number of fused-ring (bicyclic) bond motifs is 1. The monoisotopic (exact) mass is 248 g/mol. The van der Waals surface area contributed by atoms with Gasteiger partial charge >= 0.3 is 0 Å². The Morgan fingerprint density at radius 3 is 2.75 bits per heavy atom. The van der Waals surface area contributed by atoms with E-state index in [-0.39, 0.29) is 0 Å². The van der Waals surface area contributed by atoms with E-state index < -0.39 is 0 Å². The smallest absolute Gasteiger partial charge is 0.0656 e. The summed E-state index contributed by atoms with van der Waals surface area (Å²) in [6, 6.07) is 8.64. The van der Waals surface area contributed by atoms with E-state index in [4.69, 9.17) is 0 Å². The van der Waals surface area contributed by atoms with Crippen LogP contribution in [0.1, 0.15) is 36.6 Å². The molecule has 0 spiro atoms. The van der Waals surface area contributed by atoms with E-state index in [0.717, 1.165) is 6.42 Å². The van der Waals surface area contributed by atoms with Crippen molar-refractivity contribution in [2.45, 2.75) is 25.5 Å². The van der Waals surface area contributed by atoms with E-state index in [9.17, 15) is 0 Å². The molecule has 0 aromatic heterocycles. The molecule has 0 nitrogen and oxygen atoms in total. The molecule has 1 aliphatic carbocycles. The van der Waals surface area contributed by atoms with Crippen molar-refractivity contribution in [2.75, 3.05) is 0 Å². The molecule has 16 heavy (non-hydrogen) atoms. The molecule has 2 rings (SSSR count). The van der Waals surface area contributed by atoms with Crippen molar-refractivity contribution in [2.24, 2.45) is 0 Å². The summed E-state index contributed by atoms with van der Waals surface area (Å²) in [5.41, 5.74) is 5.57. The molecule has 1 unspecified atom stereocenters. The number of allylic oxidation sites excluding steroid dienone is 3. The van der Waals surface area contributed by atoms with Crippen molar-refractivity contribution >= 4 is 28.0 Å². The largest absolute Gasteiger partial charge is 0.110 e. The first-order chi connectivity index (χ1) is 7.83. The average molecular weight is 248 g/mol. The highest BCUT2D eigenvalue weighted by atomic mass is 33.1. The lowest BCUT2D eigenvalue weighted by Gasteiger charge is -2.09. The van der Waals surface area contributed by atoms with Crippen LogP contribution in [0.5, 0.6) is 0 Å². The molecule has 1 atom stereocenters. The predicted octanol–water partition coefficient (Wildman–Crippen LogP) is 5.06. The van der Waals surface area contributed by atoms with Gasteiger partial charge in [-0.2, -0.15) is 0 Å². The Balaban J connectivity index is 2.59. The minimum atomic E-state index is 0.394. The molecule has 2 heteroatoms. The summed E-state index contributed by atoms with van der Waals surface area (Å²) in [4.78, 5) is 0. The molecule has 84 valence electrons. The molecular formula is C14H16S2. The van der Waals surface area contributed by atoms with Crippen LogP contribution in [0.2, 0.25) is 0 Å². The van der Waals surface area contributed by atoms with E-state index in [1.165, 1.54) is 22.3 Å². The first-order valence-corrected chi connectivity index (χ1v) is 7.53. The van der Waals surface area contributed by atoms with Crippen molar-refractivity contribution in [1.29, 1.82) is 0 Å². The van der Waals surface area contributed by atoms with Crippen LogP contribution in [-0.2, 0) is 0 Å². The third-order valence-electron chi connectivity index (χ3n) is 2.95. The Hall–Kier alpha value is -0.600. The van der Waals surface area contributed by atoms with Crippen molar-refractivity contribution in [3.8, 4) is 0 Å². The van der Waals surface area contributed by atoms with E-state index in [1.54, 1.807) is 10.8 Å². The van der Waals surface area contributed by atoms with E-state index in [0.29, 0.717) is 5.25 Å². The van der Waals surface area contributed by atoms with Gasteiger partial charge < -0.3 is 0 Å². The van der Waals surface area contributed by atoms with Crippen molar-refractivity contribution in [3.63, 3.8) is 0 Å². The van der Waals surface area contributed by atoms with Gasteiger partial charge in [-0.05, 0) is 35.6 Å². The molecule has 1 aromatic rings. The topological polar surface area (TPSA) is 0 Å². The Bertz CT molecular complexity index is 444. The maximum Gasteiger partial charge on any atom is 0.0656 e. The van der Waals surface area contributed by atoms with Crippen LogP contribution in [0, 0.1) is 0 Å². The van der Waals surface area contributed by atoms with Gasteiger partial charge in [-0.1, -0.05) is 54.1 Å². The normalized spacial score (nSPS) is 24.1. The number of thiol groups is 1. The van der Waals surface area contributed by atoms with Gasteiger partial charge in [0.25, 0.3) is 0 Å². The maximum absolute atomic E-state index is 4.42. The van der Waals surface area contributed by atoms with Crippen LogP contribution in [0.15, 0.2) is 42.0 Å². The minimum Gasteiger partial charge on any atom is -0.110 e. The lowest BCUT2D eigenvalue weighted by molar-refractivity contribution is 1.15. The summed E-state index contributed by atoms with van der Waals surface area (Å²) in [7, 11) is 1.63. The van der Waals surface area contributed by atoms with Gasteiger partial charge in [-0.3, -0.25) is 0 Å². The molecule has 0 aliphatic heterocycles. The van der Waals surface area contributed by atoms with Crippen molar-refractivity contribution in [3.05, 3.63) is 53.1 Å². The van der Waals surface area contributed by atoms with Crippen LogP contribution in [-0.4, -0.2) is 0 Å². The van der Waals surface area contributed by atoms with Gasteiger partial charge in [0.1, 0.15) is 0 Å². The third kappa shape index (κ3) is 1.85. The summed E-state index contributed by atoms with van der Waals surface area (Å²) in [5.74, 6) is 0. The Kier molecular flexibility index (Phi) is 3.82. The summed E-state index contributed by atoms with van der Waals surface area (Å²) in [5, 5.41) is 0.394. The first kappa shape index (κ1) is 11.9. The second-order valence-electron chi connectivity index (χ2n) is 3.84. The third-order valence-corrected chi connectivity index (χ3v) is 4.30. The summed E-state index contributed by atoms with van der Waals surface area (Å²) in [6.45, 7) is 4.30. The van der Waals surface area contributed by atoms with Gasteiger partial charge in [-0.15, -0.1) is 11.7 Å². The number of rotatable bonds is 2. The maximum atomic E-state index is 4.42. The van der Waals surface area contributed by atoms with E-state index >= 15 is 0 Å². The standard InChI is InChI=1S/C14H16S2/c1-3-7-12-10(4-2)11-8-5-6-9-13(11)14(12)16-15/h4-9,14-15H,3H2,1-2H3/b10-4-,12-7+. The van der Waals surface area contributed by atoms with Crippen molar-refractivity contribution in [1.82, 2.24) is 0 Å². The Morgan fingerprint density at radius 1 is 1.38 bits per heavy atom. The fourth-order valence-electron chi connectivity index (χ4n) is 2.31. The fourth-order valence-corrected chi connectivity index (χ4v) is 3.65. The van der Waals surface area contributed by atoms with Crippen LogP contribution < -0.4 is 0 Å². The predicted molar refractivity (Wildman–Crippen MR) is 77.8 cm³/mol. The Labute approximate surface area is 107 Å². The summed E-state index contributed by atoms with van der Waals surface area (Å²) >= 11 is 4.42. The molecule has 1 aliphatic rings. The van der Waals surface area contributed by atoms with Gasteiger partial charge in [-0.25, -0.2) is 0 Å². The summed E-state index contributed by atoms with van der Waals surface area (Å²) < 4.78 is 0. The highest BCUT2D eigenvalue weighted by Crippen LogP contribution is 2.52. The molecule has 0 saturated heterocycles. The van der Waals surface area contributed by atoms with Gasteiger partial charge in [0.05, 0.1) is 5.25 Å². The molecule has 0 fully saturated rings. The molecule has 0 heterocycles. The quantitative estimate of drug-likeness (QED) is 0.564. The highest BCUT2D eigenvalue weighted by molar-refractivity contribution is 8.68. The van der Waals surface area contributed by atoms with Gasteiger partial charge in [0.15, 0.2) is 0 Å². The molecule has 0 N–H and O–H groups in total. The highest BCUT2D eigenvalue weighted by Gasteiger charge is 2.29. The van der Waals surface area contributed by atoms with Crippen LogP contribution in [0.3, 0.4) is 0 Å². The second-order valence-corrected chi connectivity index (χ2v) is 5.16. The number of hydrogen-bond acceptors (Lipinski definition) is 2. The zero-order chi connectivity index (χ0) is 11.5.